The molecule has 0 fully saturated rings. The quantitative estimate of drug-likeness (QED) is 0.0187. The number of aliphatic carboxylic acids is 2. The summed E-state index contributed by atoms with van der Waals surface area (Å²) in [6, 6.07) is -4.21. The van der Waals surface area contributed by atoms with E-state index in [1.54, 1.807) is 30.3 Å². The Morgan fingerprint density at radius 1 is 0.559 bits per heavy atom. The minimum absolute atomic E-state index is 0.0200. The molecule has 1 aromatic rings. The van der Waals surface area contributed by atoms with Crippen molar-refractivity contribution in [3.63, 3.8) is 0 Å². The summed E-state index contributed by atoms with van der Waals surface area (Å²) >= 11 is 0. The lowest BCUT2D eigenvalue weighted by atomic mass is 10.1. The molecule has 0 saturated heterocycles. The van der Waals surface area contributed by atoms with Crippen LogP contribution in [0.1, 0.15) is 31.7 Å². The molecule has 1 rings (SSSR count). The molecule has 30 heteroatoms. The van der Waals surface area contributed by atoms with E-state index in [-0.39, 0.29) is 31.8 Å². The highest BCUT2D eigenvalue weighted by Crippen LogP contribution is 2.04. The van der Waals surface area contributed by atoms with Gasteiger partial charge in [0.25, 0.3) is 0 Å². The Labute approximate surface area is 387 Å². The molecule has 0 heterocycles. The first-order valence-electron chi connectivity index (χ1n) is 20.5. The predicted octanol–water partition coefficient (Wildman–Crippen LogP) is -10.2. The van der Waals surface area contributed by atoms with Crippen molar-refractivity contribution in [2.45, 2.75) is 80.9 Å². The maximum absolute atomic E-state index is 12.9. The van der Waals surface area contributed by atoms with Gasteiger partial charge in [0.2, 0.25) is 53.2 Å². The van der Waals surface area contributed by atoms with Gasteiger partial charge in [0, 0.05) is 6.54 Å². The largest absolute Gasteiger partial charge is 0.481 e. The van der Waals surface area contributed by atoms with E-state index >= 15 is 0 Å². The first kappa shape index (κ1) is 58.5. The summed E-state index contributed by atoms with van der Waals surface area (Å²) in [4.78, 5) is 141. The third-order valence-electron chi connectivity index (χ3n) is 9.10. The number of nitrogens with zero attached hydrogens (tertiary/aromatic N) is 1. The van der Waals surface area contributed by atoms with E-state index in [0.29, 0.717) is 0 Å². The van der Waals surface area contributed by atoms with Gasteiger partial charge >= 0.3 is 11.9 Å². The number of hydrogen-bond acceptors (Lipinski definition) is 17. The van der Waals surface area contributed by atoms with Gasteiger partial charge in [-0.05, 0) is 31.7 Å². The fourth-order valence-electron chi connectivity index (χ4n) is 5.46. The molecule has 30 nitrogen and oxygen atoms in total. The number of benzene rings is 1. The average Bonchev–Trinajstić information content (AvgIpc) is 3.29. The topological polar surface area (TPSA) is 508 Å². The van der Waals surface area contributed by atoms with E-state index in [0.717, 1.165) is 12.5 Å². The number of carboxylic acid groups (broad SMARTS) is 2. The van der Waals surface area contributed by atoms with E-state index in [1.807, 2.05) is 10.6 Å². The van der Waals surface area contributed by atoms with Crippen molar-refractivity contribution in [1.29, 1.82) is 0 Å². The Kier molecular flexibility index (Phi) is 26.3. The zero-order valence-corrected chi connectivity index (χ0v) is 36.6. The van der Waals surface area contributed by atoms with Crippen LogP contribution in [-0.2, 0) is 59.2 Å². The normalized spacial score (nSPS) is 14.2. The number of nitrogens with two attached hydrogens (primary N) is 3. The van der Waals surface area contributed by atoms with E-state index in [9.17, 15) is 83.4 Å². The van der Waals surface area contributed by atoms with Crippen LogP contribution < -0.4 is 65.1 Å². The van der Waals surface area contributed by atoms with Crippen LogP contribution in [0.3, 0.4) is 0 Å². The first-order valence-corrected chi connectivity index (χ1v) is 20.5. The number of nitrogens with one attached hydrogen (secondary N) is 9. The van der Waals surface area contributed by atoms with E-state index in [4.69, 9.17) is 17.2 Å². The molecular formula is C38H59N13O17. The Hall–Kier alpha value is -7.54. The van der Waals surface area contributed by atoms with Crippen LogP contribution in [-0.4, -0.2) is 196 Å². The van der Waals surface area contributed by atoms with Gasteiger partial charge in [0.15, 0.2) is 5.96 Å². The standard InChI is InChI=1S/C38H59N13O17/c1-18(30(60)48-22(11-29(58)59)34(64)47-21(37(67)68)8-5-9-42-38(40)41)45-27(56)12-43-33(63)24(15-53)50-36(66)26(17-55)51-35(65)25(16-54)46-28(57)13-44-32(62)23(14-52)49-31(61)20(39)10-19-6-3-2-4-7-19/h2-4,6-7,18,20-26,52-55H,5,8-17,39H2,1H3,(H,43,63)(H,44,62)(H,45,56)(H,46,57)(H,47,64)(H,48,60)(H,49,61)(H,50,66)(H,51,65)(H,58,59)(H,67,68)(H4,40,41,42)/t18-,20-,21-,22-,23-,24-,25-,26-/m0/s1. The first-order chi connectivity index (χ1) is 32.1. The maximum atomic E-state index is 12.9. The Morgan fingerprint density at radius 2 is 0.985 bits per heavy atom. The highest BCUT2D eigenvalue weighted by molar-refractivity contribution is 5.98. The highest BCUT2D eigenvalue weighted by Gasteiger charge is 2.32. The van der Waals surface area contributed by atoms with Gasteiger partial charge in [0.05, 0.1) is 52.0 Å². The predicted molar refractivity (Wildman–Crippen MR) is 231 cm³/mol. The molecule has 0 bridgehead atoms. The van der Waals surface area contributed by atoms with Gasteiger partial charge < -0.3 is 95.7 Å². The number of guanidine groups is 1. The zero-order chi connectivity index (χ0) is 51.5. The molecular weight excluding hydrogens is 910 g/mol. The second-order valence-corrected chi connectivity index (χ2v) is 14.6. The fraction of sp³-hybridized carbons (Fsp3) is 0.526. The molecule has 0 radical (unpaired) electrons. The summed E-state index contributed by atoms with van der Waals surface area (Å²) in [5.74, 6) is -13.2. The molecule has 0 aliphatic rings. The molecule has 21 N–H and O–H groups in total. The maximum Gasteiger partial charge on any atom is 0.326 e. The number of aliphatic hydroxyl groups excluding tert-OH is 4. The minimum Gasteiger partial charge on any atom is -0.481 e. The van der Waals surface area contributed by atoms with Crippen molar-refractivity contribution >= 4 is 71.1 Å². The Balaban J connectivity index is 2.71. The number of carbonyl (C=O) groups is 11. The second-order valence-electron chi connectivity index (χ2n) is 14.6. The van der Waals surface area contributed by atoms with Crippen molar-refractivity contribution in [3.8, 4) is 0 Å². The molecule has 0 saturated carbocycles. The van der Waals surface area contributed by atoms with Gasteiger partial charge in [-0.2, -0.15) is 0 Å². The number of aliphatic hydroxyl groups is 4. The number of aliphatic imine (C=N–C) groups is 1. The summed E-state index contributed by atoms with van der Waals surface area (Å²) in [6.45, 7) is -4.76. The van der Waals surface area contributed by atoms with Gasteiger partial charge in [-0.15, -0.1) is 0 Å². The van der Waals surface area contributed by atoms with Crippen molar-refractivity contribution in [3.05, 3.63) is 35.9 Å². The van der Waals surface area contributed by atoms with E-state index in [2.05, 4.69) is 42.2 Å². The number of carbonyl (C=O) groups excluding carboxylic acids is 9. The summed E-state index contributed by atoms with van der Waals surface area (Å²) in [7, 11) is 0. The minimum atomic E-state index is -1.86. The monoisotopic (exact) mass is 969 g/mol. The van der Waals surface area contributed by atoms with Crippen molar-refractivity contribution in [2.75, 3.05) is 46.1 Å². The van der Waals surface area contributed by atoms with Crippen molar-refractivity contribution in [1.82, 2.24) is 47.9 Å². The Morgan fingerprint density at radius 3 is 1.46 bits per heavy atom. The van der Waals surface area contributed by atoms with Crippen LogP contribution in [0.5, 0.6) is 0 Å². The lowest BCUT2D eigenvalue weighted by Crippen LogP contribution is -2.60. The molecule has 9 amide bonds. The smallest absolute Gasteiger partial charge is 0.326 e. The highest BCUT2D eigenvalue weighted by atomic mass is 16.4. The molecule has 0 spiro atoms. The lowest BCUT2D eigenvalue weighted by molar-refractivity contribution is -0.143. The molecule has 8 atom stereocenters. The molecule has 68 heavy (non-hydrogen) atoms. The molecule has 0 aliphatic carbocycles. The van der Waals surface area contributed by atoms with Crippen molar-refractivity contribution in [2.24, 2.45) is 22.2 Å². The number of hydrogen-bond donors (Lipinski definition) is 18. The van der Waals surface area contributed by atoms with Crippen LogP contribution >= 0.6 is 0 Å². The van der Waals surface area contributed by atoms with Crippen LogP contribution in [0.25, 0.3) is 0 Å². The molecule has 378 valence electrons. The lowest BCUT2D eigenvalue weighted by Gasteiger charge is -2.23. The van der Waals surface area contributed by atoms with Gasteiger partial charge in [-0.25, -0.2) is 4.79 Å². The van der Waals surface area contributed by atoms with E-state index in [1.165, 1.54) is 0 Å². The number of amides is 9. The summed E-state index contributed by atoms with van der Waals surface area (Å²) < 4.78 is 0. The van der Waals surface area contributed by atoms with E-state index < -0.39 is 159 Å². The van der Waals surface area contributed by atoms with Gasteiger partial charge in [-0.1, -0.05) is 30.3 Å². The molecule has 1 aromatic carbocycles. The summed E-state index contributed by atoms with van der Waals surface area (Å²) in [6.07, 6.45) is -0.947. The van der Waals surface area contributed by atoms with Crippen molar-refractivity contribution < 1.29 is 83.4 Å². The number of rotatable bonds is 31. The third kappa shape index (κ3) is 22.1. The summed E-state index contributed by atoms with van der Waals surface area (Å²) in [5.41, 5.74) is 17.1. The van der Waals surface area contributed by atoms with Gasteiger partial charge in [0.1, 0.15) is 42.3 Å². The van der Waals surface area contributed by atoms with Crippen LogP contribution in [0.4, 0.5) is 0 Å². The third-order valence-corrected chi connectivity index (χ3v) is 9.10. The molecule has 0 unspecified atom stereocenters. The molecule has 0 aliphatic heterocycles. The fourth-order valence-corrected chi connectivity index (χ4v) is 5.46. The Bertz CT molecular complexity index is 1950. The molecule has 0 aromatic heterocycles. The zero-order valence-electron chi connectivity index (χ0n) is 36.6. The second kappa shape index (κ2) is 30.6. The number of carboxylic acids is 2. The summed E-state index contributed by atoms with van der Waals surface area (Å²) in [5, 5.41) is 76.5. The average molecular weight is 970 g/mol. The van der Waals surface area contributed by atoms with Crippen LogP contribution in [0.15, 0.2) is 35.3 Å². The van der Waals surface area contributed by atoms with Crippen LogP contribution in [0.2, 0.25) is 0 Å². The van der Waals surface area contributed by atoms with Crippen LogP contribution in [0, 0.1) is 0 Å². The van der Waals surface area contributed by atoms with Gasteiger partial charge in [-0.3, -0.25) is 52.9 Å². The SMILES string of the molecule is C[C@H](NC(=O)CNC(=O)[C@H](CO)NC(=O)[C@H](CO)NC(=O)[C@H](CO)NC(=O)CNC(=O)[C@H](CO)NC(=O)[C@@H](N)Cc1ccccc1)C(=O)N[C@@H](CC(=O)O)C(=O)N[C@@H](CCCN=C(N)N)C(=O)O.